The highest BCUT2D eigenvalue weighted by atomic mass is 19.1. The van der Waals surface area contributed by atoms with Crippen LogP contribution in [0.1, 0.15) is 18.1 Å². The molecule has 1 heterocycles. The quantitative estimate of drug-likeness (QED) is 0.922. The van der Waals surface area contributed by atoms with Crippen molar-refractivity contribution >= 4 is 5.82 Å². The molecule has 0 aliphatic heterocycles. The van der Waals surface area contributed by atoms with Gasteiger partial charge in [0.2, 0.25) is 0 Å². The van der Waals surface area contributed by atoms with Crippen LogP contribution >= 0.6 is 0 Å². The minimum atomic E-state index is -0.483. The summed E-state index contributed by atoms with van der Waals surface area (Å²) >= 11 is 0. The van der Waals surface area contributed by atoms with Crippen molar-refractivity contribution in [1.29, 1.82) is 5.26 Å². The van der Waals surface area contributed by atoms with E-state index in [1.54, 1.807) is 6.20 Å². The summed E-state index contributed by atoms with van der Waals surface area (Å²) in [5.74, 6) is -0.304. The van der Waals surface area contributed by atoms with E-state index in [1.165, 1.54) is 29.0 Å². The van der Waals surface area contributed by atoms with Gasteiger partial charge in [-0.15, -0.1) is 0 Å². The van der Waals surface area contributed by atoms with Crippen LogP contribution in [0, 0.1) is 17.1 Å². The Morgan fingerprint density at radius 3 is 2.95 bits per heavy atom. The number of benzene rings is 1. The number of hydrogen-bond acceptors (Lipinski definition) is 4. The summed E-state index contributed by atoms with van der Waals surface area (Å²) in [6.07, 6.45) is 3.11. The number of rotatable bonds is 4. The van der Waals surface area contributed by atoms with Crippen molar-refractivity contribution in [3.05, 3.63) is 57.9 Å². The fourth-order valence-corrected chi connectivity index (χ4v) is 1.76. The molecule has 102 valence electrons. The molecule has 0 spiro atoms. The Hall–Kier alpha value is -2.68. The third kappa shape index (κ3) is 2.83. The molecule has 2 aromatic rings. The van der Waals surface area contributed by atoms with E-state index < -0.39 is 5.82 Å². The fraction of sp³-hybridized carbons (Fsp3) is 0.214. The average Bonchev–Trinajstić information content (AvgIpc) is 2.47. The maximum Gasteiger partial charge on any atom is 0.293 e. The summed E-state index contributed by atoms with van der Waals surface area (Å²) in [4.78, 5) is 15.9. The SMILES string of the molecule is CCn1ccnc(NCc2ccc(C#N)cc2F)c1=O. The molecule has 0 bridgehead atoms. The van der Waals surface area contributed by atoms with Crippen molar-refractivity contribution in [2.45, 2.75) is 20.0 Å². The van der Waals surface area contributed by atoms with E-state index in [4.69, 9.17) is 5.26 Å². The molecule has 0 aliphatic carbocycles. The summed E-state index contributed by atoms with van der Waals surface area (Å²) in [6.45, 7) is 2.53. The lowest BCUT2D eigenvalue weighted by molar-refractivity contribution is 0.612. The molecule has 0 radical (unpaired) electrons. The Balaban J connectivity index is 2.18. The largest absolute Gasteiger partial charge is 0.361 e. The summed E-state index contributed by atoms with van der Waals surface area (Å²) < 4.78 is 15.2. The zero-order valence-electron chi connectivity index (χ0n) is 10.9. The van der Waals surface area contributed by atoms with Gasteiger partial charge in [-0.2, -0.15) is 5.26 Å². The van der Waals surface area contributed by atoms with E-state index in [2.05, 4.69) is 10.3 Å². The molecule has 0 unspecified atom stereocenters. The minimum absolute atomic E-state index is 0.132. The molecule has 0 saturated heterocycles. The number of nitrogens with one attached hydrogen (secondary N) is 1. The molecule has 0 fully saturated rings. The standard InChI is InChI=1S/C14H13FN4O/c1-2-19-6-5-17-13(14(19)20)18-9-11-4-3-10(8-16)7-12(11)15/h3-7H,2,9H2,1H3,(H,17,18). The van der Waals surface area contributed by atoms with Gasteiger partial charge in [-0.3, -0.25) is 4.79 Å². The van der Waals surface area contributed by atoms with Crippen LogP contribution in [0.3, 0.4) is 0 Å². The van der Waals surface area contributed by atoms with Gasteiger partial charge in [0.05, 0.1) is 11.6 Å². The van der Waals surface area contributed by atoms with Gasteiger partial charge in [-0.05, 0) is 19.1 Å². The maximum absolute atomic E-state index is 13.7. The lowest BCUT2D eigenvalue weighted by atomic mass is 10.1. The van der Waals surface area contributed by atoms with Crippen LogP contribution in [0.15, 0.2) is 35.4 Å². The van der Waals surface area contributed by atoms with Crippen molar-refractivity contribution in [3.8, 4) is 6.07 Å². The van der Waals surface area contributed by atoms with Gasteiger partial charge in [-0.25, -0.2) is 9.37 Å². The second kappa shape index (κ2) is 5.97. The highest BCUT2D eigenvalue weighted by molar-refractivity contribution is 5.36. The van der Waals surface area contributed by atoms with Gasteiger partial charge in [0.1, 0.15) is 5.82 Å². The summed E-state index contributed by atoms with van der Waals surface area (Å²) in [6, 6.07) is 6.08. The zero-order valence-corrected chi connectivity index (χ0v) is 10.9. The Bertz CT molecular complexity index is 718. The first-order chi connectivity index (χ1) is 9.65. The number of aryl methyl sites for hydroxylation is 1. The van der Waals surface area contributed by atoms with Crippen LogP contribution in [0.4, 0.5) is 10.2 Å². The Morgan fingerprint density at radius 1 is 1.50 bits per heavy atom. The number of halogens is 1. The first kappa shape index (κ1) is 13.7. The minimum Gasteiger partial charge on any atom is -0.361 e. The number of aromatic nitrogens is 2. The van der Waals surface area contributed by atoms with E-state index >= 15 is 0 Å². The Morgan fingerprint density at radius 2 is 2.30 bits per heavy atom. The summed E-state index contributed by atoms with van der Waals surface area (Å²) in [7, 11) is 0. The lowest BCUT2D eigenvalue weighted by Crippen LogP contribution is -2.23. The molecule has 5 nitrogen and oxygen atoms in total. The molecule has 0 saturated carbocycles. The van der Waals surface area contributed by atoms with Gasteiger partial charge in [-0.1, -0.05) is 6.07 Å². The van der Waals surface area contributed by atoms with Crippen molar-refractivity contribution in [3.63, 3.8) is 0 Å². The molecule has 1 aromatic carbocycles. The highest BCUT2D eigenvalue weighted by Crippen LogP contribution is 2.11. The smallest absolute Gasteiger partial charge is 0.293 e. The van der Waals surface area contributed by atoms with Crippen molar-refractivity contribution in [1.82, 2.24) is 9.55 Å². The number of hydrogen-bond donors (Lipinski definition) is 1. The number of anilines is 1. The Kier molecular flexibility index (Phi) is 4.11. The van der Waals surface area contributed by atoms with E-state index in [9.17, 15) is 9.18 Å². The second-order valence-corrected chi connectivity index (χ2v) is 4.14. The second-order valence-electron chi connectivity index (χ2n) is 4.14. The van der Waals surface area contributed by atoms with Gasteiger partial charge >= 0.3 is 0 Å². The molecule has 1 N–H and O–H groups in total. The molecule has 0 aliphatic rings. The zero-order chi connectivity index (χ0) is 14.5. The average molecular weight is 272 g/mol. The van der Waals surface area contributed by atoms with Crippen LogP contribution in [0.2, 0.25) is 0 Å². The number of nitrogens with zero attached hydrogens (tertiary/aromatic N) is 3. The number of nitriles is 1. The maximum atomic E-state index is 13.7. The Labute approximate surface area is 115 Å². The molecular formula is C14H13FN4O. The fourth-order valence-electron chi connectivity index (χ4n) is 1.76. The van der Waals surface area contributed by atoms with Crippen LogP contribution < -0.4 is 10.9 Å². The monoisotopic (exact) mass is 272 g/mol. The van der Waals surface area contributed by atoms with Crippen LogP contribution in [-0.4, -0.2) is 9.55 Å². The summed E-state index contributed by atoms with van der Waals surface area (Å²) in [5.41, 5.74) is 0.388. The van der Waals surface area contributed by atoms with E-state index in [-0.39, 0.29) is 23.5 Å². The van der Waals surface area contributed by atoms with E-state index in [0.717, 1.165) is 0 Å². The molecule has 2 rings (SSSR count). The van der Waals surface area contributed by atoms with E-state index in [0.29, 0.717) is 12.1 Å². The van der Waals surface area contributed by atoms with E-state index in [1.807, 2.05) is 13.0 Å². The lowest BCUT2D eigenvalue weighted by Gasteiger charge is -2.08. The highest BCUT2D eigenvalue weighted by Gasteiger charge is 2.06. The van der Waals surface area contributed by atoms with Crippen LogP contribution in [0.25, 0.3) is 0 Å². The molecule has 6 heteroatoms. The third-order valence-corrected chi connectivity index (χ3v) is 2.88. The van der Waals surface area contributed by atoms with Gasteiger partial charge in [0.15, 0.2) is 5.82 Å². The predicted molar refractivity (Wildman–Crippen MR) is 72.6 cm³/mol. The normalized spacial score (nSPS) is 10.1. The molecule has 0 amide bonds. The van der Waals surface area contributed by atoms with Crippen molar-refractivity contribution < 1.29 is 4.39 Å². The molecule has 1 aromatic heterocycles. The summed E-state index contributed by atoms with van der Waals surface area (Å²) in [5, 5.41) is 11.5. The predicted octanol–water partition coefficient (Wildman–Crippen LogP) is 1.89. The van der Waals surface area contributed by atoms with Gasteiger partial charge in [0.25, 0.3) is 5.56 Å². The third-order valence-electron chi connectivity index (χ3n) is 2.88. The first-order valence-corrected chi connectivity index (χ1v) is 6.13. The van der Waals surface area contributed by atoms with Crippen LogP contribution in [0.5, 0.6) is 0 Å². The topological polar surface area (TPSA) is 70.7 Å². The van der Waals surface area contributed by atoms with Crippen LogP contribution in [-0.2, 0) is 13.1 Å². The molecule has 0 atom stereocenters. The molecular weight excluding hydrogens is 259 g/mol. The first-order valence-electron chi connectivity index (χ1n) is 6.13. The van der Waals surface area contributed by atoms with Crippen molar-refractivity contribution in [2.75, 3.05) is 5.32 Å². The van der Waals surface area contributed by atoms with Gasteiger partial charge < -0.3 is 9.88 Å². The molecule has 20 heavy (non-hydrogen) atoms. The van der Waals surface area contributed by atoms with Crippen molar-refractivity contribution in [2.24, 2.45) is 0 Å². The van der Waals surface area contributed by atoms with Gasteiger partial charge in [0, 0.05) is 31.0 Å².